The average molecular weight is 377 g/mol. The molecule has 0 aliphatic heterocycles. The Bertz CT molecular complexity index is 761. The summed E-state index contributed by atoms with van der Waals surface area (Å²) < 4.78 is 0.878. The van der Waals surface area contributed by atoms with Crippen LogP contribution in [0.2, 0.25) is 0 Å². The lowest BCUT2D eigenvalue weighted by atomic mass is 10.1. The van der Waals surface area contributed by atoms with E-state index in [-0.39, 0.29) is 5.78 Å². The molecular weight excluding hydrogens is 352 g/mol. The van der Waals surface area contributed by atoms with E-state index in [2.05, 4.69) is 51.1 Å². The van der Waals surface area contributed by atoms with Crippen LogP contribution in [0.4, 0.5) is 5.95 Å². The average Bonchev–Trinajstić information content (AvgIpc) is 2.54. The molecule has 25 heavy (non-hydrogen) atoms. The van der Waals surface area contributed by atoms with E-state index in [1.165, 1.54) is 19.4 Å². The molecular formula is C18H24N4OS2. The summed E-state index contributed by atoms with van der Waals surface area (Å²) in [7, 11) is 0. The molecule has 2 rings (SSSR count). The monoisotopic (exact) mass is 376 g/mol. The number of carbonyl (C=O) groups is 1. The van der Waals surface area contributed by atoms with Crippen LogP contribution < -0.4 is 5.32 Å². The van der Waals surface area contributed by atoms with Gasteiger partial charge in [-0.05, 0) is 68.7 Å². The molecule has 5 nitrogen and oxygen atoms in total. The minimum Gasteiger partial charge on any atom is -0.356 e. The van der Waals surface area contributed by atoms with Gasteiger partial charge in [-0.2, -0.15) is 4.98 Å². The Balaban J connectivity index is 0.000000705. The molecule has 0 unspecified atom stereocenters. The highest BCUT2D eigenvalue weighted by molar-refractivity contribution is 7.71. The number of benzene rings is 1. The number of H-pyrrole nitrogens is 2. The van der Waals surface area contributed by atoms with Crippen LogP contribution in [0.3, 0.4) is 0 Å². The van der Waals surface area contributed by atoms with Gasteiger partial charge < -0.3 is 20.1 Å². The van der Waals surface area contributed by atoms with Gasteiger partial charge in [-0.15, -0.1) is 0 Å². The first kappa shape index (κ1) is 20.9. The number of nitrogens with zero attached hydrogens (tertiary/aromatic N) is 1. The summed E-state index contributed by atoms with van der Waals surface area (Å²) >= 11 is 9.98. The number of carbonyl (C=O) groups excluding carboxylic acids is 1. The third kappa shape index (κ3) is 9.69. The topological polar surface area (TPSA) is 73.6 Å². The Labute approximate surface area is 158 Å². The first-order valence-electron chi connectivity index (χ1n) is 8.03. The molecule has 0 fully saturated rings. The second-order valence-corrected chi connectivity index (χ2v) is 6.38. The summed E-state index contributed by atoms with van der Waals surface area (Å²) in [6.45, 7) is 7.64. The van der Waals surface area contributed by atoms with Gasteiger partial charge in [-0.1, -0.05) is 36.9 Å². The maximum atomic E-state index is 9.44. The Morgan fingerprint density at radius 2 is 1.84 bits per heavy atom. The standard InChI is InChI=1S/C15H18N4S2.C3H6O/c1-2-11-6-8-12(9-7-11)5-3-4-10-16-13-17-14(20)19-15(21)18-13;1-3(2)4/h2,6-9H,1,3-5,10H2,(H3,16,17,18,19,20,21);1-2H3. The van der Waals surface area contributed by atoms with Crippen molar-refractivity contribution in [2.45, 2.75) is 33.1 Å². The summed E-state index contributed by atoms with van der Waals surface area (Å²) in [6.07, 6.45) is 5.09. The van der Waals surface area contributed by atoms with Crippen molar-refractivity contribution in [2.24, 2.45) is 0 Å². The van der Waals surface area contributed by atoms with Crippen molar-refractivity contribution in [2.75, 3.05) is 11.9 Å². The van der Waals surface area contributed by atoms with E-state index in [0.29, 0.717) is 15.5 Å². The van der Waals surface area contributed by atoms with Crippen molar-refractivity contribution in [3.8, 4) is 0 Å². The number of aryl methyl sites for hydroxylation is 1. The molecule has 0 amide bonds. The molecule has 134 valence electrons. The van der Waals surface area contributed by atoms with Crippen LogP contribution in [0.15, 0.2) is 30.8 Å². The van der Waals surface area contributed by atoms with Crippen LogP contribution >= 0.6 is 24.4 Å². The molecule has 0 aliphatic rings. The van der Waals surface area contributed by atoms with Gasteiger partial charge >= 0.3 is 0 Å². The van der Waals surface area contributed by atoms with Crippen molar-refractivity contribution < 1.29 is 4.79 Å². The quantitative estimate of drug-likeness (QED) is 0.475. The van der Waals surface area contributed by atoms with Gasteiger partial charge in [0.25, 0.3) is 0 Å². The van der Waals surface area contributed by atoms with E-state index in [1.807, 2.05) is 6.08 Å². The second-order valence-electron chi connectivity index (χ2n) is 5.58. The number of aromatic nitrogens is 3. The van der Waals surface area contributed by atoms with E-state index in [9.17, 15) is 4.79 Å². The van der Waals surface area contributed by atoms with Crippen LogP contribution in [0, 0.1) is 9.54 Å². The van der Waals surface area contributed by atoms with Gasteiger partial charge in [0.2, 0.25) is 10.7 Å². The molecule has 0 aliphatic carbocycles. The molecule has 2 aromatic rings. The number of hydrogen-bond donors (Lipinski definition) is 3. The van der Waals surface area contributed by atoms with Crippen molar-refractivity contribution >= 4 is 42.2 Å². The summed E-state index contributed by atoms with van der Waals surface area (Å²) in [5, 5.41) is 3.20. The molecule has 1 aromatic heterocycles. The number of ketones is 1. The fraction of sp³-hybridized carbons (Fsp3) is 0.333. The van der Waals surface area contributed by atoms with Gasteiger partial charge in [0, 0.05) is 6.54 Å². The van der Waals surface area contributed by atoms with Crippen LogP contribution in [-0.4, -0.2) is 27.3 Å². The number of hydrogen-bond acceptors (Lipinski definition) is 5. The number of aromatic amines is 2. The van der Waals surface area contributed by atoms with Gasteiger partial charge in [0.1, 0.15) is 5.78 Å². The number of nitrogens with one attached hydrogen (secondary N) is 3. The Hall–Kier alpha value is -2.12. The Kier molecular flexibility index (Phi) is 9.57. The predicted molar refractivity (Wildman–Crippen MR) is 109 cm³/mol. The Morgan fingerprint density at radius 1 is 1.20 bits per heavy atom. The molecule has 0 atom stereocenters. The molecule has 1 aromatic carbocycles. The highest BCUT2D eigenvalue weighted by Gasteiger charge is 1.96. The highest BCUT2D eigenvalue weighted by Crippen LogP contribution is 2.09. The van der Waals surface area contributed by atoms with Crippen LogP contribution in [-0.2, 0) is 11.2 Å². The number of anilines is 1. The third-order valence-corrected chi connectivity index (χ3v) is 3.46. The molecule has 3 N–H and O–H groups in total. The third-order valence-electron chi connectivity index (χ3n) is 3.07. The van der Waals surface area contributed by atoms with Crippen molar-refractivity contribution in [1.29, 1.82) is 0 Å². The summed E-state index contributed by atoms with van der Waals surface area (Å²) in [5.74, 6) is 0.791. The number of unbranched alkanes of at least 4 members (excludes halogenated alkanes) is 1. The van der Waals surface area contributed by atoms with Crippen molar-refractivity contribution in [3.63, 3.8) is 0 Å². The number of Topliss-reactive ketones (excluding diaryl/α,β-unsaturated/α-hetero) is 1. The first-order valence-corrected chi connectivity index (χ1v) is 8.85. The Morgan fingerprint density at radius 3 is 2.40 bits per heavy atom. The van der Waals surface area contributed by atoms with Crippen LogP contribution in [0.5, 0.6) is 0 Å². The first-order chi connectivity index (χ1) is 11.9. The fourth-order valence-electron chi connectivity index (χ4n) is 1.96. The number of rotatable bonds is 7. The summed E-state index contributed by atoms with van der Waals surface area (Å²) in [6, 6.07) is 8.49. The van der Waals surface area contributed by atoms with Crippen LogP contribution in [0.1, 0.15) is 37.8 Å². The van der Waals surface area contributed by atoms with Gasteiger partial charge in [0.15, 0.2) is 4.77 Å². The molecule has 7 heteroatoms. The van der Waals surface area contributed by atoms with E-state index in [4.69, 9.17) is 24.4 Å². The maximum absolute atomic E-state index is 9.44. The minimum absolute atomic E-state index is 0.167. The fourth-order valence-corrected chi connectivity index (χ4v) is 2.41. The normalized spacial score (nSPS) is 9.68. The van der Waals surface area contributed by atoms with Gasteiger partial charge in [0.05, 0.1) is 0 Å². The highest BCUT2D eigenvalue weighted by atomic mass is 32.1. The largest absolute Gasteiger partial charge is 0.356 e. The lowest BCUT2D eigenvalue weighted by Crippen LogP contribution is -2.06. The van der Waals surface area contributed by atoms with Crippen LogP contribution in [0.25, 0.3) is 6.08 Å². The van der Waals surface area contributed by atoms with E-state index in [1.54, 1.807) is 0 Å². The predicted octanol–water partition coefficient (Wildman–Crippen LogP) is 4.87. The van der Waals surface area contributed by atoms with Gasteiger partial charge in [-0.3, -0.25) is 0 Å². The zero-order chi connectivity index (χ0) is 18.7. The lowest BCUT2D eigenvalue weighted by Gasteiger charge is -2.05. The molecule has 0 spiro atoms. The summed E-state index contributed by atoms with van der Waals surface area (Å²) in [5.41, 5.74) is 2.50. The lowest BCUT2D eigenvalue weighted by molar-refractivity contribution is -0.114. The smallest absolute Gasteiger partial charge is 0.205 e. The molecule has 0 saturated carbocycles. The van der Waals surface area contributed by atoms with E-state index in [0.717, 1.165) is 31.4 Å². The van der Waals surface area contributed by atoms with Crippen molar-refractivity contribution in [3.05, 3.63) is 51.5 Å². The molecule has 0 saturated heterocycles. The SMILES string of the molecule is C=Cc1ccc(CCCCNc2nc(=S)[nH]c(=S)[nH]2)cc1.CC(C)=O. The zero-order valence-corrected chi connectivity index (χ0v) is 16.2. The van der Waals surface area contributed by atoms with Crippen molar-refractivity contribution in [1.82, 2.24) is 15.0 Å². The minimum atomic E-state index is 0.167. The van der Waals surface area contributed by atoms with E-state index >= 15 is 0 Å². The van der Waals surface area contributed by atoms with Gasteiger partial charge in [-0.25, -0.2) is 0 Å². The molecule has 1 heterocycles. The zero-order valence-electron chi connectivity index (χ0n) is 14.6. The molecule has 0 bridgehead atoms. The van der Waals surface area contributed by atoms with E-state index < -0.39 is 0 Å². The molecule has 0 radical (unpaired) electrons. The maximum Gasteiger partial charge on any atom is 0.205 e. The second kappa shape index (κ2) is 11.4. The summed E-state index contributed by atoms with van der Waals surface area (Å²) in [4.78, 5) is 19.3.